The van der Waals surface area contributed by atoms with Crippen LogP contribution in [0.3, 0.4) is 0 Å². The van der Waals surface area contributed by atoms with Gasteiger partial charge in [0.1, 0.15) is 5.75 Å². The Bertz CT molecular complexity index is 410. The first-order valence-corrected chi connectivity index (χ1v) is 7.68. The normalized spacial score (nSPS) is 12.6. The monoisotopic (exact) mass is 280 g/mol. The van der Waals surface area contributed by atoms with Gasteiger partial charge in [-0.05, 0) is 40.2 Å². The molecule has 0 radical (unpaired) electrons. The number of thiol groups is 1. The van der Waals surface area contributed by atoms with Crippen LogP contribution in [0.5, 0.6) is 5.75 Å². The van der Waals surface area contributed by atoms with E-state index in [2.05, 4.69) is 72.4 Å². The Balaban J connectivity index is 3.11. The summed E-state index contributed by atoms with van der Waals surface area (Å²) in [6, 6.07) is 6.61. The Morgan fingerprint density at radius 2 is 1.63 bits per heavy atom. The van der Waals surface area contributed by atoms with E-state index in [1.165, 1.54) is 11.1 Å². The smallest absolute Gasteiger partial charge is 0.123 e. The third kappa shape index (κ3) is 4.76. The highest BCUT2D eigenvalue weighted by atomic mass is 32.1. The summed E-state index contributed by atoms with van der Waals surface area (Å²) >= 11 is 4.22. The average Bonchev–Trinajstić information content (AvgIpc) is 2.27. The first-order chi connectivity index (χ1) is 8.66. The fraction of sp³-hybridized carbons (Fsp3) is 0.647. The standard InChI is InChI=1S/C17H28OS/c1-16(2,3)13-8-9-15(18-10-7-11-19)14(12-13)17(4,5)6/h8-9,12,19H,7,10-11H2,1-6H3. The lowest BCUT2D eigenvalue weighted by molar-refractivity contribution is 0.309. The maximum absolute atomic E-state index is 5.92. The van der Waals surface area contributed by atoms with Crippen LogP contribution in [0.1, 0.15) is 59.1 Å². The second-order valence-electron chi connectivity index (χ2n) is 7.14. The van der Waals surface area contributed by atoms with Crippen molar-refractivity contribution >= 4 is 12.6 Å². The van der Waals surface area contributed by atoms with Crippen LogP contribution in [-0.4, -0.2) is 12.4 Å². The van der Waals surface area contributed by atoms with Gasteiger partial charge in [-0.1, -0.05) is 53.7 Å². The molecular formula is C17H28OS. The van der Waals surface area contributed by atoms with Gasteiger partial charge in [-0.25, -0.2) is 0 Å². The van der Waals surface area contributed by atoms with Gasteiger partial charge in [0.05, 0.1) is 6.61 Å². The fourth-order valence-corrected chi connectivity index (χ4v) is 2.08. The molecule has 0 aliphatic rings. The molecule has 0 saturated heterocycles. The molecule has 1 nitrogen and oxygen atoms in total. The van der Waals surface area contributed by atoms with Gasteiger partial charge in [0.2, 0.25) is 0 Å². The van der Waals surface area contributed by atoms with Gasteiger partial charge in [-0.2, -0.15) is 12.6 Å². The molecule has 0 unspecified atom stereocenters. The van der Waals surface area contributed by atoms with E-state index in [4.69, 9.17) is 4.74 Å². The number of ether oxygens (including phenoxy) is 1. The molecule has 1 aromatic carbocycles. The minimum Gasteiger partial charge on any atom is -0.493 e. The molecule has 0 bridgehead atoms. The van der Waals surface area contributed by atoms with Crippen LogP contribution in [0, 0.1) is 0 Å². The SMILES string of the molecule is CC(C)(C)c1ccc(OCCCS)c(C(C)(C)C)c1. The first kappa shape index (κ1) is 16.4. The van der Waals surface area contributed by atoms with E-state index in [-0.39, 0.29) is 10.8 Å². The molecule has 0 heterocycles. The topological polar surface area (TPSA) is 9.23 Å². The molecule has 1 rings (SSSR count). The van der Waals surface area contributed by atoms with E-state index < -0.39 is 0 Å². The molecule has 19 heavy (non-hydrogen) atoms. The van der Waals surface area contributed by atoms with E-state index in [0.717, 1.165) is 24.5 Å². The molecular weight excluding hydrogens is 252 g/mol. The Hall–Kier alpha value is -0.630. The number of rotatable bonds is 4. The number of benzene rings is 1. The van der Waals surface area contributed by atoms with Crippen LogP contribution < -0.4 is 4.74 Å². The zero-order chi connectivity index (χ0) is 14.7. The second kappa shape index (κ2) is 6.21. The third-order valence-electron chi connectivity index (χ3n) is 3.21. The van der Waals surface area contributed by atoms with E-state index >= 15 is 0 Å². The zero-order valence-corrected chi connectivity index (χ0v) is 14.1. The van der Waals surface area contributed by atoms with Crippen molar-refractivity contribution in [2.75, 3.05) is 12.4 Å². The molecule has 0 saturated carbocycles. The largest absolute Gasteiger partial charge is 0.493 e. The van der Waals surface area contributed by atoms with Crippen LogP contribution in [0.4, 0.5) is 0 Å². The van der Waals surface area contributed by atoms with E-state index in [1.807, 2.05) is 0 Å². The summed E-state index contributed by atoms with van der Waals surface area (Å²) in [7, 11) is 0. The Morgan fingerprint density at radius 3 is 2.11 bits per heavy atom. The number of hydrogen-bond donors (Lipinski definition) is 1. The molecule has 0 spiro atoms. The Labute approximate surface area is 124 Å². The molecule has 0 amide bonds. The Morgan fingerprint density at radius 1 is 1.00 bits per heavy atom. The number of hydrogen-bond acceptors (Lipinski definition) is 2. The van der Waals surface area contributed by atoms with Crippen LogP contribution in [0.25, 0.3) is 0 Å². The molecule has 1 aromatic rings. The minimum atomic E-state index is 0.0948. The molecule has 0 N–H and O–H groups in total. The second-order valence-corrected chi connectivity index (χ2v) is 7.58. The maximum atomic E-state index is 5.92. The summed E-state index contributed by atoms with van der Waals surface area (Å²) in [5.41, 5.74) is 2.92. The van der Waals surface area contributed by atoms with E-state index in [0.29, 0.717) is 0 Å². The van der Waals surface area contributed by atoms with Crippen molar-refractivity contribution in [3.8, 4) is 5.75 Å². The van der Waals surface area contributed by atoms with Gasteiger partial charge >= 0.3 is 0 Å². The van der Waals surface area contributed by atoms with Crippen molar-refractivity contribution < 1.29 is 4.74 Å². The van der Waals surface area contributed by atoms with Gasteiger partial charge in [0.15, 0.2) is 0 Å². The van der Waals surface area contributed by atoms with Crippen molar-refractivity contribution in [1.29, 1.82) is 0 Å². The van der Waals surface area contributed by atoms with Crippen LogP contribution in [0.15, 0.2) is 18.2 Å². The van der Waals surface area contributed by atoms with Crippen LogP contribution >= 0.6 is 12.6 Å². The van der Waals surface area contributed by atoms with Crippen LogP contribution in [-0.2, 0) is 10.8 Å². The molecule has 0 fully saturated rings. The fourth-order valence-electron chi connectivity index (χ4n) is 1.96. The van der Waals surface area contributed by atoms with Gasteiger partial charge in [0.25, 0.3) is 0 Å². The molecule has 0 atom stereocenters. The zero-order valence-electron chi connectivity index (χ0n) is 13.2. The average molecular weight is 280 g/mol. The van der Waals surface area contributed by atoms with Crippen molar-refractivity contribution in [1.82, 2.24) is 0 Å². The maximum Gasteiger partial charge on any atom is 0.123 e. The Kier molecular flexibility index (Phi) is 5.37. The molecule has 0 aromatic heterocycles. The highest BCUT2D eigenvalue weighted by molar-refractivity contribution is 7.80. The van der Waals surface area contributed by atoms with E-state index in [1.54, 1.807) is 0 Å². The quantitative estimate of drug-likeness (QED) is 0.604. The van der Waals surface area contributed by atoms with Gasteiger partial charge < -0.3 is 4.74 Å². The molecule has 2 heteroatoms. The lowest BCUT2D eigenvalue weighted by Gasteiger charge is -2.27. The lowest BCUT2D eigenvalue weighted by Crippen LogP contribution is -2.18. The predicted octanol–water partition coefficient (Wildman–Crippen LogP) is 4.98. The molecule has 0 aliphatic heterocycles. The van der Waals surface area contributed by atoms with Gasteiger partial charge in [-0.3, -0.25) is 0 Å². The van der Waals surface area contributed by atoms with E-state index in [9.17, 15) is 0 Å². The minimum absolute atomic E-state index is 0.0948. The van der Waals surface area contributed by atoms with Crippen molar-refractivity contribution in [3.63, 3.8) is 0 Å². The van der Waals surface area contributed by atoms with Crippen LogP contribution in [0.2, 0.25) is 0 Å². The van der Waals surface area contributed by atoms with Crippen molar-refractivity contribution in [2.45, 2.75) is 58.8 Å². The molecule has 0 aliphatic carbocycles. The summed E-state index contributed by atoms with van der Waals surface area (Å²) < 4.78 is 5.92. The van der Waals surface area contributed by atoms with Gasteiger partial charge in [0, 0.05) is 0 Å². The first-order valence-electron chi connectivity index (χ1n) is 7.05. The highest BCUT2D eigenvalue weighted by Crippen LogP contribution is 2.35. The lowest BCUT2D eigenvalue weighted by atomic mass is 9.80. The summed E-state index contributed by atoms with van der Waals surface area (Å²) in [6.45, 7) is 14.2. The predicted molar refractivity (Wildman–Crippen MR) is 87.8 cm³/mol. The van der Waals surface area contributed by atoms with Gasteiger partial charge in [-0.15, -0.1) is 0 Å². The van der Waals surface area contributed by atoms with Crippen molar-refractivity contribution in [2.24, 2.45) is 0 Å². The highest BCUT2D eigenvalue weighted by Gasteiger charge is 2.22. The summed E-state index contributed by atoms with van der Waals surface area (Å²) in [5.74, 6) is 1.88. The summed E-state index contributed by atoms with van der Waals surface area (Å²) in [4.78, 5) is 0. The summed E-state index contributed by atoms with van der Waals surface area (Å²) in [6.07, 6.45) is 0.980. The summed E-state index contributed by atoms with van der Waals surface area (Å²) in [5, 5.41) is 0. The van der Waals surface area contributed by atoms with Crippen molar-refractivity contribution in [3.05, 3.63) is 29.3 Å². The molecule has 108 valence electrons. The third-order valence-corrected chi connectivity index (χ3v) is 3.53.